The van der Waals surface area contributed by atoms with Gasteiger partial charge in [-0.25, -0.2) is 9.98 Å². The molecule has 0 saturated heterocycles. The first-order valence-electron chi connectivity index (χ1n) is 8.80. The number of aromatic nitrogens is 1. The van der Waals surface area contributed by atoms with Gasteiger partial charge in [0, 0.05) is 22.7 Å². The maximum Gasteiger partial charge on any atom is 0.262 e. The lowest BCUT2D eigenvalue weighted by molar-refractivity contribution is 0.102. The summed E-state index contributed by atoms with van der Waals surface area (Å²) in [7, 11) is 0. The van der Waals surface area contributed by atoms with Crippen molar-refractivity contribution in [2.24, 2.45) is 4.99 Å². The smallest absolute Gasteiger partial charge is 0.262 e. The van der Waals surface area contributed by atoms with E-state index >= 15 is 0 Å². The Kier molecular flexibility index (Phi) is 5.01. The van der Waals surface area contributed by atoms with Gasteiger partial charge in [0.2, 0.25) is 5.55 Å². The van der Waals surface area contributed by atoms with E-state index in [9.17, 15) is 9.90 Å². The van der Waals surface area contributed by atoms with E-state index in [0.29, 0.717) is 27.5 Å². The van der Waals surface area contributed by atoms with Crippen molar-refractivity contribution >= 4 is 40.0 Å². The predicted octanol–water partition coefficient (Wildman–Crippen LogP) is 4.98. The van der Waals surface area contributed by atoms with Crippen molar-refractivity contribution in [2.75, 3.05) is 5.32 Å². The highest BCUT2D eigenvalue weighted by Gasteiger charge is 2.14. The maximum absolute atomic E-state index is 12.9. The molecule has 0 aliphatic carbocycles. The fourth-order valence-electron chi connectivity index (χ4n) is 2.79. The average Bonchev–Trinajstić information content (AvgIpc) is 2.71. The summed E-state index contributed by atoms with van der Waals surface area (Å²) in [6.45, 7) is 1.88. The van der Waals surface area contributed by atoms with Crippen LogP contribution in [0.25, 0.3) is 11.0 Å². The molecule has 0 bridgehead atoms. The summed E-state index contributed by atoms with van der Waals surface area (Å²) in [6.07, 6.45) is 1.59. The van der Waals surface area contributed by atoms with Crippen molar-refractivity contribution in [2.45, 2.75) is 6.92 Å². The number of carbonyl (C=O) groups is 1. The Hall–Kier alpha value is -3.64. The molecule has 2 aromatic carbocycles. The fraction of sp³-hybridized carbons (Fsp3) is 0.0455. The molecule has 2 heterocycles. The van der Waals surface area contributed by atoms with Gasteiger partial charge in [-0.05, 0) is 55.0 Å². The first kappa shape index (κ1) is 18.7. The Morgan fingerprint density at radius 1 is 1.14 bits per heavy atom. The number of phenols is 1. The van der Waals surface area contributed by atoms with Crippen LogP contribution in [-0.2, 0) is 0 Å². The van der Waals surface area contributed by atoms with Crippen LogP contribution in [0.5, 0.6) is 5.75 Å². The molecule has 7 heteroatoms. The number of phenolic OH excluding ortho intramolecular Hbond substituents is 1. The minimum Gasteiger partial charge on any atom is -0.508 e. The van der Waals surface area contributed by atoms with E-state index in [1.54, 1.807) is 48.7 Å². The number of hydrogen-bond donors (Lipinski definition) is 2. The number of nitrogens with one attached hydrogen (secondary N) is 1. The molecule has 0 saturated carbocycles. The van der Waals surface area contributed by atoms with Gasteiger partial charge in [0.25, 0.3) is 5.91 Å². The Bertz CT molecular complexity index is 1280. The van der Waals surface area contributed by atoms with Crippen molar-refractivity contribution in [3.05, 3.63) is 88.6 Å². The number of nitrogens with zero attached hydrogens (tertiary/aromatic N) is 2. The van der Waals surface area contributed by atoms with Gasteiger partial charge in [-0.15, -0.1) is 0 Å². The zero-order chi connectivity index (χ0) is 20.4. The third-order valence-electron chi connectivity index (χ3n) is 4.28. The van der Waals surface area contributed by atoms with Gasteiger partial charge in [-0.3, -0.25) is 4.79 Å². The molecule has 1 amide bonds. The first-order chi connectivity index (χ1) is 14.0. The van der Waals surface area contributed by atoms with Crippen molar-refractivity contribution in [1.29, 1.82) is 0 Å². The Morgan fingerprint density at radius 3 is 2.79 bits per heavy atom. The van der Waals surface area contributed by atoms with E-state index in [1.165, 1.54) is 12.1 Å². The number of pyridine rings is 1. The zero-order valence-corrected chi connectivity index (χ0v) is 16.1. The molecule has 4 rings (SSSR count). The van der Waals surface area contributed by atoms with E-state index in [4.69, 9.17) is 16.0 Å². The van der Waals surface area contributed by atoms with Crippen molar-refractivity contribution in [3.8, 4) is 5.75 Å². The van der Waals surface area contributed by atoms with E-state index < -0.39 is 5.91 Å². The van der Waals surface area contributed by atoms with Crippen LogP contribution >= 0.6 is 11.6 Å². The Morgan fingerprint density at radius 2 is 2.00 bits per heavy atom. The molecule has 0 atom stereocenters. The van der Waals surface area contributed by atoms with E-state index in [0.717, 1.165) is 5.56 Å². The normalized spacial score (nSPS) is 11.6. The van der Waals surface area contributed by atoms with Crippen LogP contribution in [0.2, 0.25) is 5.02 Å². The van der Waals surface area contributed by atoms with Crippen LogP contribution in [0.4, 0.5) is 11.5 Å². The van der Waals surface area contributed by atoms with Gasteiger partial charge in [0.15, 0.2) is 0 Å². The largest absolute Gasteiger partial charge is 0.508 e. The molecule has 29 heavy (non-hydrogen) atoms. The van der Waals surface area contributed by atoms with Crippen LogP contribution in [-0.4, -0.2) is 16.0 Å². The van der Waals surface area contributed by atoms with E-state index in [1.807, 2.05) is 13.0 Å². The number of rotatable bonds is 3. The number of fused-ring (bicyclic) bond motifs is 1. The van der Waals surface area contributed by atoms with Crippen LogP contribution in [0.15, 0.2) is 76.3 Å². The summed E-state index contributed by atoms with van der Waals surface area (Å²) < 4.78 is 5.88. The van der Waals surface area contributed by atoms with Gasteiger partial charge >= 0.3 is 0 Å². The van der Waals surface area contributed by atoms with Crippen LogP contribution < -0.4 is 10.9 Å². The van der Waals surface area contributed by atoms with Crippen molar-refractivity contribution < 1.29 is 14.3 Å². The van der Waals surface area contributed by atoms with Gasteiger partial charge in [0.05, 0.1) is 5.69 Å². The molecule has 0 aliphatic heterocycles. The van der Waals surface area contributed by atoms with Crippen molar-refractivity contribution in [1.82, 2.24) is 4.98 Å². The van der Waals surface area contributed by atoms with Gasteiger partial charge < -0.3 is 14.8 Å². The molecular formula is C22H16ClN3O3. The summed E-state index contributed by atoms with van der Waals surface area (Å²) in [6, 6.07) is 16.8. The number of aryl methyl sites for hydroxylation is 1. The molecule has 144 valence electrons. The summed E-state index contributed by atoms with van der Waals surface area (Å²) in [5, 5.41) is 13.7. The lowest BCUT2D eigenvalue weighted by atomic mass is 10.1. The topological polar surface area (TPSA) is 87.7 Å². The summed E-state index contributed by atoms with van der Waals surface area (Å²) in [5.41, 5.74) is 2.18. The lowest BCUT2D eigenvalue weighted by Crippen LogP contribution is -2.22. The molecule has 0 fully saturated rings. The number of amides is 1. The summed E-state index contributed by atoms with van der Waals surface area (Å²) >= 11 is 6.10. The Balaban J connectivity index is 1.90. The second-order valence-corrected chi connectivity index (χ2v) is 6.84. The second kappa shape index (κ2) is 7.77. The number of halogens is 1. The van der Waals surface area contributed by atoms with Gasteiger partial charge in [0.1, 0.15) is 22.7 Å². The molecule has 0 aliphatic rings. The summed E-state index contributed by atoms with van der Waals surface area (Å²) in [4.78, 5) is 21.6. The SMILES string of the molecule is Cc1ccc(Cl)cc1N=c1oc2cc(O)ccc2cc1C(=O)Nc1ccccn1. The molecule has 0 unspecified atom stereocenters. The zero-order valence-electron chi connectivity index (χ0n) is 15.4. The molecular weight excluding hydrogens is 390 g/mol. The number of carbonyl (C=O) groups excluding carboxylic acids is 1. The highest BCUT2D eigenvalue weighted by Crippen LogP contribution is 2.24. The molecule has 2 N–H and O–H groups in total. The minimum atomic E-state index is -0.416. The summed E-state index contributed by atoms with van der Waals surface area (Å²) in [5.74, 6) is 0.0471. The average molecular weight is 406 g/mol. The van der Waals surface area contributed by atoms with E-state index in [2.05, 4.69) is 15.3 Å². The molecule has 2 aromatic heterocycles. The molecule has 0 radical (unpaired) electrons. The standard InChI is InChI=1S/C22H16ClN3O3/c1-13-5-7-15(23)11-18(13)25-22-17(21(28)26-20-4-2-3-9-24-20)10-14-6-8-16(27)12-19(14)29-22/h2-12,27H,1H3,(H,24,26,28). The maximum atomic E-state index is 12.9. The Labute approximate surface area is 171 Å². The lowest BCUT2D eigenvalue weighted by Gasteiger charge is -2.07. The van der Waals surface area contributed by atoms with Crippen LogP contribution in [0.1, 0.15) is 15.9 Å². The third kappa shape index (κ3) is 4.12. The fourth-order valence-corrected chi connectivity index (χ4v) is 2.95. The highest BCUT2D eigenvalue weighted by atomic mass is 35.5. The third-order valence-corrected chi connectivity index (χ3v) is 4.51. The van der Waals surface area contributed by atoms with Crippen LogP contribution in [0, 0.1) is 6.92 Å². The number of aromatic hydroxyl groups is 1. The van der Waals surface area contributed by atoms with Crippen molar-refractivity contribution in [3.63, 3.8) is 0 Å². The predicted molar refractivity (Wildman–Crippen MR) is 111 cm³/mol. The number of benzene rings is 2. The number of anilines is 1. The second-order valence-electron chi connectivity index (χ2n) is 6.40. The molecule has 6 nitrogen and oxygen atoms in total. The minimum absolute atomic E-state index is 0.0526. The molecule has 0 spiro atoms. The van der Waals surface area contributed by atoms with E-state index in [-0.39, 0.29) is 16.9 Å². The monoisotopic (exact) mass is 405 g/mol. The highest BCUT2D eigenvalue weighted by molar-refractivity contribution is 6.30. The molecule has 4 aromatic rings. The van der Waals surface area contributed by atoms with Crippen LogP contribution in [0.3, 0.4) is 0 Å². The quantitative estimate of drug-likeness (QED) is 0.503. The van der Waals surface area contributed by atoms with Gasteiger partial charge in [-0.1, -0.05) is 23.7 Å². The number of hydrogen-bond acceptors (Lipinski definition) is 5. The van der Waals surface area contributed by atoms with Gasteiger partial charge in [-0.2, -0.15) is 0 Å². The first-order valence-corrected chi connectivity index (χ1v) is 9.17.